The molecule has 1 amide bonds. The zero-order valence-electron chi connectivity index (χ0n) is 14.6. The predicted molar refractivity (Wildman–Crippen MR) is 111 cm³/mol. The fourth-order valence-corrected chi connectivity index (χ4v) is 4.46. The number of aromatic nitrogens is 3. The lowest BCUT2D eigenvalue weighted by Crippen LogP contribution is -2.11. The molecule has 0 aliphatic heterocycles. The average molecular weight is 396 g/mol. The molecule has 0 unspecified atom stereocenters. The van der Waals surface area contributed by atoms with Crippen LogP contribution in [0.2, 0.25) is 0 Å². The van der Waals surface area contributed by atoms with E-state index in [9.17, 15) is 4.79 Å². The molecule has 0 radical (unpaired) electrons. The topological polar surface area (TPSA) is 93.8 Å². The quantitative estimate of drug-likeness (QED) is 0.515. The van der Waals surface area contributed by atoms with Crippen LogP contribution in [0.25, 0.3) is 21.5 Å². The lowest BCUT2D eigenvalue weighted by atomic mass is 10.2. The number of nitrogens with zero attached hydrogens (tertiary/aromatic N) is 3. The Morgan fingerprint density at radius 2 is 2.00 bits per heavy atom. The van der Waals surface area contributed by atoms with Crippen LogP contribution in [0.1, 0.15) is 28.7 Å². The molecule has 0 bridgehead atoms. The Balaban J connectivity index is 1.58. The molecule has 0 aliphatic rings. The number of hydrogen-bond donors (Lipinski definition) is 2. The van der Waals surface area contributed by atoms with Crippen molar-refractivity contribution < 1.29 is 4.79 Å². The fraction of sp³-hybridized carbons (Fsp3) is 0.158. The van der Waals surface area contributed by atoms with Crippen molar-refractivity contribution in [1.29, 1.82) is 0 Å². The highest BCUT2D eigenvalue weighted by Gasteiger charge is 2.19. The van der Waals surface area contributed by atoms with E-state index in [1.165, 1.54) is 22.7 Å². The molecule has 0 aliphatic carbocycles. The second-order valence-electron chi connectivity index (χ2n) is 5.98. The average Bonchev–Trinajstić information content (AvgIpc) is 3.27. The number of anilines is 2. The van der Waals surface area contributed by atoms with E-state index in [0.717, 1.165) is 40.0 Å². The van der Waals surface area contributed by atoms with E-state index in [1.54, 1.807) is 12.4 Å². The minimum Gasteiger partial charge on any atom is -0.397 e. The van der Waals surface area contributed by atoms with E-state index in [-0.39, 0.29) is 5.91 Å². The molecule has 0 spiro atoms. The van der Waals surface area contributed by atoms with Gasteiger partial charge in [-0.2, -0.15) is 0 Å². The van der Waals surface area contributed by atoms with Crippen molar-refractivity contribution >= 4 is 49.6 Å². The molecule has 4 aromatic rings. The van der Waals surface area contributed by atoms with Crippen molar-refractivity contribution in [1.82, 2.24) is 15.0 Å². The number of pyridine rings is 2. The number of nitrogens with two attached hydrogens (primary N) is 1. The molecule has 136 valence electrons. The smallest absolute Gasteiger partial charge is 0.269 e. The van der Waals surface area contributed by atoms with Gasteiger partial charge in [-0.05, 0) is 30.7 Å². The number of thiazole rings is 1. The molecule has 27 heavy (non-hydrogen) atoms. The molecule has 4 rings (SSSR count). The predicted octanol–water partition coefficient (Wildman–Crippen LogP) is 4.60. The number of rotatable bonds is 5. The summed E-state index contributed by atoms with van der Waals surface area (Å²) in [6.07, 6.45) is 5.36. The summed E-state index contributed by atoms with van der Waals surface area (Å²) < 4.78 is 0. The number of nitrogens with one attached hydrogen (secondary N) is 1. The van der Waals surface area contributed by atoms with Crippen LogP contribution in [0.15, 0.2) is 42.0 Å². The molecule has 6 nitrogen and oxygen atoms in total. The summed E-state index contributed by atoms with van der Waals surface area (Å²) in [7, 11) is 0. The first-order valence-corrected chi connectivity index (χ1v) is 10.2. The van der Waals surface area contributed by atoms with Gasteiger partial charge in [0, 0.05) is 34.4 Å². The van der Waals surface area contributed by atoms with E-state index < -0.39 is 0 Å². The van der Waals surface area contributed by atoms with E-state index >= 15 is 0 Å². The Kier molecular flexibility index (Phi) is 4.83. The fourth-order valence-electron chi connectivity index (χ4n) is 2.74. The number of nitrogen functional groups attached to an aromatic ring is 1. The van der Waals surface area contributed by atoms with Crippen LogP contribution >= 0.6 is 22.7 Å². The number of carbonyl (C=O) groups excluding carboxylic acids is 1. The molecule has 0 atom stereocenters. The van der Waals surface area contributed by atoms with E-state index in [1.807, 2.05) is 29.6 Å². The first kappa shape index (κ1) is 17.6. The normalized spacial score (nSPS) is 11.0. The minimum absolute atomic E-state index is 0.261. The van der Waals surface area contributed by atoms with Crippen LogP contribution in [0.5, 0.6) is 0 Å². The van der Waals surface area contributed by atoms with Crippen molar-refractivity contribution in [2.24, 2.45) is 0 Å². The van der Waals surface area contributed by atoms with E-state index in [2.05, 4.69) is 27.2 Å². The van der Waals surface area contributed by atoms with Crippen LogP contribution in [-0.4, -0.2) is 20.9 Å². The minimum atomic E-state index is -0.261. The SMILES string of the molecule is CCCc1ccc2c(N)c(C(=O)Nc3nc(-c4ccncc4)cs3)sc2n1. The first-order valence-electron chi connectivity index (χ1n) is 8.51. The number of aryl methyl sites for hydroxylation is 1. The van der Waals surface area contributed by atoms with Crippen molar-refractivity contribution in [2.75, 3.05) is 11.1 Å². The number of amides is 1. The molecular weight excluding hydrogens is 378 g/mol. The lowest BCUT2D eigenvalue weighted by Gasteiger charge is -2.00. The van der Waals surface area contributed by atoms with Crippen LogP contribution in [0, 0.1) is 0 Å². The molecule has 4 aromatic heterocycles. The van der Waals surface area contributed by atoms with Crippen molar-refractivity contribution in [2.45, 2.75) is 19.8 Å². The monoisotopic (exact) mass is 395 g/mol. The van der Waals surface area contributed by atoms with Crippen molar-refractivity contribution in [3.05, 3.63) is 52.6 Å². The molecule has 0 saturated heterocycles. The van der Waals surface area contributed by atoms with Gasteiger partial charge in [-0.15, -0.1) is 22.7 Å². The third-order valence-corrected chi connectivity index (χ3v) is 5.94. The molecule has 0 saturated carbocycles. The highest BCUT2D eigenvalue weighted by molar-refractivity contribution is 7.21. The second kappa shape index (κ2) is 7.42. The summed E-state index contributed by atoms with van der Waals surface area (Å²) >= 11 is 2.69. The number of carbonyl (C=O) groups is 1. The highest BCUT2D eigenvalue weighted by atomic mass is 32.1. The number of fused-ring (bicyclic) bond motifs is 1. The van der Waals surface area contributed by atoms with Gasteiger partial charge in [-0.25, -0.2) is 9.97 Å². The van der Waals surface area contributed by atoms with Gasteiger partial charge in [-0.1, -0.05) is 13.3 Å². The summed E-state index contributed by atoms with van der Waals surface area (Å²) in [5.41, 5.74) is 9.43. The van der Waals surface area contributed by atoms with E-state index in [0.29, 0.717) is 15.7 Å². The highest BCUT2D eigenvalue weighted by Crippen LogP contribution is 2.34. The van der Waals surface area contributed by atoms with Gasteiger partial charge in [-0.3, -0.25) is 15.1 Å². The zero-order valence-corrected chi connectivity index (χ0v) is 16.2. The molecule has 0 fully saturated rings. The maximum absolute atomic E-state index is 12.7. The van der Waals surface area contributed by atoms with Crippen molar-refractivity contribution in [3.8, 4) is 11.3 Å². The summed E-state index contributed by atoms with van der Waals surface area (Å²) in [4.78, 5) is 27.1. The summed E-state index contributed by atoms with van der Waals surface area (Å²) in [6, 6.07) is 7.67. The third-order valence-electron chi connectivity index (χ3n) is 4.06. The Hall–Kier alpha value is -2.84. The summed E-state index contributed by atoms with van der Waals surface area (Å²) in [5.74, 6) is -0.261. The van der Waals surface area contributed by atoms with Gasteiger partial charge < -0.3 is 5.73 Å². The van der Waals surface area contributed by atoms with Crippen LogP contribution in [-0.2, 0) is 6.42 Å². The maximum atomic E-state index is 12.7. The summed E-state index contributed by atoms with van der Waals surface area (Å²) in [5, 5.41) is 6.10. The molecule has 8 heteroatoms. The van der Waals surface area contributed by atoms with Gasteiger partial charge in [0.15, 0.2) is 5.13 Å². The second-order valence-corrected chi connectivity index (χ2v) is 7.84. The van der Waals surface area contributed by atoms with Gasteiger partial charge in [0.2, 0.25) is 0 Å². The van der Waals surface area contributed by atoms with Crippen molar-refractivity contribution in [3.63, 3.8) is 0 Å². The molecule has 4 heterocycles. The van der Waals surface area contributed by atoms with Crippen LogP contribution in [0.3, 0.4) is 0 Å². The zero-order chi connectivity index (χ0) is 18.8. The maximum Gasteiger partial charge on any atom is 0.269 e. The Labute approximate surface area is 164 Å². The summed E-state index contributed by atoms with van der Waals surface area (Å²) in [6.45, 7) is 2.11. The van der Waals surface area contributed by atoms with Gasteiger partial charge >= 0.3 is 0 Å². The van der Waals surface area contributed by atoms with E-state index in [4.69, 9.17) is 5.73 Å². The lowest BCUT2D eigenvalue weighted by molar-refractivity contribution is 0.103. The molecule has 3 N–H and O–H groups in total. The van der Waals surface area contributed by atoms with Crippen LogP contribution in [0.4, 0.5) is 10.8 Å². The van der Waals surface area contributed by atoms with Crippen LogP contribution < -0.4 is 11.1 Å². The van der Waals surface area contributed by atoms with Gasteiger partial charge in [0.05, 0.1) is 11.4 Å². The molecule has 0 aromatic carbocycles. The Morgan fingerprint density at radius 3 is 2.78 bits per heavy atom. The molecular formula is C19H17N5OS2. The number of hydrogen-bond acceptors (Lipinski definition) is 7. The van der Waals surface area contributed by atoms with Gasteiger partial charge in [0.1, 0.15) is 9.71 Å². The number of thiophene rings is 1. The third kappa shape index (κ3) is 3.54. The first-order chi connectivity index (χ1) is 13.2. The van der Waals surface area contributed by atoms with Gasteiger partial charge in [0.25, 0.3) is 5.91 Å². The largest absolute Gasteiger partial charge is 0.397 e. The standard InChI is InChI=1S/C19H17N5OS2/c1-2-3-12-4-5-13-15(20)16(27-18(13)22-12)17(25)24-19-23-14(10-26-19)11-6-8-21-9-7-11/h4-10H,2-3,20H2,1H3,(H,23,24,25). The Morgan fingerprint density at radius 1 is 1.19 bits per heavy atom. The Bertz CT molecular complexity index is 1100.